The second-order valence-electron chi connectivity index (χ2n) is 4.81. The molecule has 1 aromatic rings. The van der Waals surface area contributed by atoms with Gasteiger partial charge in [-0.1, -0.05) is 18.5 Å². The highest BCUT2D eigenvalue weighted by Crippen LogP contribution is 2.36. The monoisotopic (exact) mass is 282 g/mol. The Morgan fingerprint density at radius 2 is 2.16 bits per heavy atom. The lowest BCUT2D eigenvalue weighted by atomic mass is 10.2. The summed E-state index contributed by atoms with van der Waals surface area (Å²) in [5.74, 6) is 0.151. The molecule has 2 amide bonds. The molecule has 102 valence electrons. The number of aromatic carboxylic acids is 1. The number of nitrogens with one attached hydrogen (secondary N) is 2. The molecule has 0 bridgehead atoms. The van der Waals surface area contributed by atoms with Crippen molar-refractivity contribution < 1.29 is 14.7 Å². The number of carbonyl (C=O) groups is 2. The van der Waals surface area contributed by atoms with Crippen LogP contribution in [0.4, 0.5) is 10.5 Å². The van der Waals surface area contributed by atoms with Crippen LogP contribution in [0.5, 0.6) is 0 Å². The molecule has 2 unspecified atom stereocenters. The van der Waals surface area contributed by atoms with Crippen LogP contribution >= 0.6 is 11.6 Å². The summed E-state index contributed by atoms with van der Waals surface area (Å²) in [4.78, 5) is 22.5. The third kappa shape index (κ3) is 3.61. The number of carboxylic acid groups (broad SMARTS) is 1. The van der Waals surface area contributed by atoms with Gasteiger partial charge in [0.15, 0.2) is 0 Å². The van der Waals surface area contributed by atoms with Crippen molar-refractivity contribution in [2.45, 2.75) is 13.3 Å². The molecule has 0 saturated heterocycles. The summed E-state index contributed by atoms with van der Waals surface area (Å²) in [6.45, 7) is 2.76. The van der Waals surface area contributed by atoms with Crippen LogP contribution in [-0.2, 0) is 0 Å². The Morgan fingerprint density at radius 3 is 2.74 bits per heavy atom. The fourth-order valence-electron chi connectivity index (χ4n) is 1.83. The van der Waals surface area contributed by atoms with Crippen LogP contribution < -0.4 is 10.6 Å². The highest BCUT2D eigenvalue weighted by atomic mass is 35.5. The third-order valence-corrected chi connectivity index (χ3v) is 3.59. The van der Waals surface area contributed by atoms with Gasteiger partial charge >= 0.3 is 12.0 Å². The maximum Gasteiger partial charge on any atom is 0.335 e. The lowest BCUT2D eigenvalue weighted by Crippen LogP contribution is -2.30. The van der Waals surface area contributed by atoms with E-state index in [0.717, 1.165) is 6.42 Å². The fourth-order valence-corrected chi connectivity index (χ4v) is 1.99. The van der Waals surface area contributed by atoms with E-state index in [4.69, 9.17) is 16.7 Å². The van der Waals surface area contributed by atoms with E-state index < -0.39 is 5.97 Å². The van der Waals surface area contributed by atoms with E-state index >= 15 is 0 Å². The van der Waals surface area contributed by atoms with E-state index in [2.05, 4.69) is 17.6 Å². The Balaban J connectivity index is 1.95. The summed E-state index contributed by atoms with van der Waals surface area (Å²) < 4.78 is 0. The number of halogens is 1. The number of carbonyl (C=O) groups excluding carboxylic acids is 1. The van der Waals surface area contributed by atoms with Gasteiger partial charge in [0.25, 0.3) is 0 Å². The normalized spacial score (nSPS) is 20.7. The van der Waals surface area contributed by atoms with Crippen LogP contribution in [0, 0.1) is 11.8 Å². The molecule has 0 aromatic heterocycles. The Morgan fingerprint density at radius 1 is 1.47 bits per heavy atom. The van der Waals surface area contributed by atoms with Crippen LogP contribution in [0.25, 0.3) is 0 Å². The largest absolute Gasteiger partial charge is 0.478 e. The van der Waals surface area contributed by atoms with E-state index in [1.165, 1.54) is 18.2 Å². The van der Waals surface area contributed by atoms with Crippen LogP contribution in [0.15, 0.2) is 18.2 Å². The van der Waals surface area contributed by atoms with Gasteiger partial charge in [-0.3, -0.25) is 0 Å². The zero-order valence-electron chi connectivity index (χ0n) is 10.4. The summed E-state index contributed by atoms with van der Waals surface area (Å²) in [6, 6.07) is 3.80. The van der Waals surface area contributed by atoms with Gasteiger partial charge in [-0.05, 0) is 36.5 Å². The first kappa shape index (κ1) is 13.7. The predicted molar refractivity (Wildman–Crippen MR) is 72.7 cm³/mol. The fraction of sp³-hybridized carbons (Fsp3) is 0.385. The number of hydrogen-bond donors (Lipinski definition) is 3. The molecule has 3 N–H and O–H groups in total. The summed E-state index contributed by atoms with van der Waals surface area (Å²) >= 11 is 5.91. The highest BCUT2D eigenvalue weighted by Gasteiger charge is 2.32. The Bertz CT molecular complexity index is 519. The topological polar surface area (TPSA) is 78.4 Å². The SMILES string of the molecule is CC1CC1CNC(=O)Nc1cc(C(=O)O)ccc1Cl. The Labute approximate surface area is 116 Å². The minimum absolute atomic E-state index is 0.0792. The average Bonchev–Trinajstić information content (AvgIpc) is 3.05. The zero-order valence-corrected chi connectivity index (χ0v) is 11.2. The van der Waals surface area contributed by atoms with Crippen molar-refractivity contribution in [3.8, 4) is 0 Å². The molecule has 0 heterocycles. The van der Waals surface area contributed by atoms with E-state index in [1.54, 1.807) is 0 Å². The van der Waals surface area contributed by atoms with E-state index in [0.29, 0.717) is 29.1 Å². The molecular formula is C13H15ClN2O3. The molecule has 19 heavy (non-hydrogen) atoms. The molecular weight excluding hydrogens is 268 g/mol. The number of carboxylic acids is 1. The summed E-state index contributed by atoms with van der Waals surface area (Å²) in [7, 11) is 0. The number of hydrogen-bond acceptors (Lipinski definition) is 2. The molecule has 6 heteroatoms. The second-order valence-corrected chi connectivity index (χ2v) is 5.22. The van der Waals surface area contributed by atoms with Gasteiger partial charge in [0, 0.05) is 6.54 Å². The molecule has 1 aliphatic carbocycles. The Hall–Kier alpha value is -1.75. The van der Waals surface area contributed by atoms with Crippen molar-refractivity contribution in [1.82, 2.24) is 5.32 Å². The predicted octanol–water partition coefficient (Wildman–Crippen LogP) is 2.82. The van der Waals surface area contributed by atoms with Gasteiger partial charge in [0.1, 0.15) is 0 Å². The maximum atomic E-state index is 11.7. The molecule has 1 aromatic carbocycles. The summed E-state index contributed by atoms with van der Waals surface area (Å²) in [5.41, 5.74) is 0.374. The standard InChI is InChI=1S/C13H15ClN2O3/c1-7-4-9(7)6-15-13(19)16-11-5-8(12(17)18)2-3-10(11)14/h2-3,5,7,9H,4,6H2,1H3,(H,17,18)(H2,15,16,19). The second kappa shape index (κ2) is 5.48. The van der Waals surface area contributed by atoms with Gasteiger partial charge in [-0.15, -0.1) is 0 Å². The van der Waals surface area contributed by atoms with Crippen LogP contribution in [0.2, 0.25) is 5.02 Å². The number of rotatable bonds is 4. The molecule has 2 atom stereocenters. The minimum atomic E-state index is -1.06. The molecule has 5 nitrogen and oxygen atoms in total. The quantitative estimate of drug-likeness (QED) is 0.794. The number of anilines is 1. The molecule has 0 aliphatic heterocycles. The highest BCUT2D eigenvalue weighted by molar-refractivity contribution is 6.33. The lowest BCUT2D eigenvalue weighted by Gasteiger charge is -2.09. The molecule has 0 radical (unpaired) electrons. The summed E-state index contributed by atoms with van der Waals surface area (Å²) in [6.07, 6.45) is 1.13. The van der Waals surface area contributed by atoms with Crippen LogP contribution in [0.3, 0.4) is 0 Å². The molecule has 1 saturated carbocycles. The molecule has 1 aliphatic rings. The smallest absolute Gasteiger partial charge is 0.335 e. The van der Waals surface area contributed by atoms with Gasteiger partial charge in [0.05, 0.1) is 16.3 Å². The van der Waals surface area contributed by atoms with E-state index in [1.807, 2.05) is 0 Å². The average molecular weight is 283 g/mol. The maximum absolute atomic E-state index is 11.7. The van der Waals surface area contributed by atoms with E-state index in [-0.39, 0.29) is 11.6 Å². The first-order valence-electron chi connectivity index (χ1n) is 6.05. The van der Waals surface area contributed by atoms with Gasteiger partial charge in [-0.25, -0.2) is 9.59 Å². The van der Waals surface area contributed by atoms with E-state index in [9.17, 15) is 9.59 Å². The summed E-state index contributed by atoms with van der Waals surface area (Å²) in [5, 5.41) is 14.5. The molecule has 2 rings (SSSR count). The minimum Gasteiger partial charge on any atom is -0.478 e. The lowest BCUT2D eigenvalue weighted by molar-refractivity contribution is 0.0697. The van der Waals surface area contributed by atoms with Crippen molar-refractivity contribution in [3.63, 3.8) is 0 Å². The van der Waals surface area contributed by atoms with Crippen LogP contribution in [0.1, 0.15) is 23.7 Å². The van der Waals surface area contributed by atoms with Crippen molar-refractivity contribution in [2.24, 2.45) is 11.8 Å². The number of urea groups is 1. The van der Waals surface area contributed by atoms with Crippen molar-refractivity contribution in [3.05, 3.63) is 28.8 Å². The molecule has 0 spiro atoms. The van der Waals surface area contributed by atoms with Gasteiger partial charge in [-0.2, -0.15) is 0 Å². The zero-order chi connectivity index (χ0) is 14.0. The first-order valence-corrected chi connectivity index (χ1v) is 6.43. The third-order valence-electron chi connectivity index (χ3n) is 3.26. The van der Waals surface area contributed by atoms with Crippen molar-refractivity contribution in [2.75, 3.05) is 11.9 Å². The first-order chi connectivity index (χ1) is 8.97. The van der Waals surface area contributed by atoms with Crippen LogP contribution in [-0.4, -0.2) is 23.7 Å². The van der Waals surface area contributed by atoms with Crippen molar-refractivity contribution in [1.29, 1.82) is 0 Å². The van der Waals surface area contributed by atoms with Crippen molar-refractivity contribution >= 4 is 29.3 Å². The van der Waals surface area contributed by atoms with Gasteiger partial charge < -0.3 is 15.7 Å². The number of benzene rings is 1. The van der Waals surface area contributed by atoms with Gasteiger partial charge in [0.2, 0.25) is 0 Å². The Kier molecular flexibility index (Phi) is 3.95. The molecule has 1 fully saturated rings. The number of amides is 2.